The van der Waals surface area contributed by atoms with E-state index < -0.39 is 0 Å². The van der Waals surface area contributed by atoms with E-state index in [1.807, 2.05) is 0 Å². The molecule has 6 nitrogen and oxygen atoms in total. The maximum absolute atomic E-state index is 8.78. The minimum absolute atomic E-state index is 0. The van der Waals surface area contributed by atoms with Gasteiger partial charge in [0.1, 0.15) is 0 Å². The van der Waals surface area contributed by atoms with Gasteiger partial charge >= 0.3 is 129 Å². The summed E-state index contributed by atoms with van der Waals surface area (Å²) in [6.07, 6.45) is 0. The van der Waals surface area contributed by atoms with E-state index in [1.165, 1.54) is 66.3 Å². The molecule has 2 aliphatic carbocycles. The Balaban J connectivity index is -0.0000000881. The molecule has 11 radical (unpaired) electrons. The van der Waals surface area contributed by atoms with Crippen molar-refractivity contribution in [3.63, 3.8) is 0 Å². The predicted molar refractivity (Wildman–Crippen MR) is 137 cm³/mol. The topological polar surface area (TPSA) is 109 Å². The van der Waals surface area contributed by atoms with Gasteiger partial charge in [0.25, 0.3) is 0 Å². The first-order valence-corrected chi connectivity index (χ1v) is 11.3. The number of aliphatic hydroxyl groups excluding tert-OH is 1. The molecule has 0 amide bonds. The average molecular weight is 595 g/mol. The maximum Gasteiger partial charge on any atom is 3.00 e. The zero-order chi connectivity index (χ0) is 31.2. The molecule has 0 bridgehead atoms. The van der Waals surface area contributed by atoms with E-state index in [0.717, 1.165) is 0 Å². The minimum Gasteiger partial charge on any atom is 3.00 e. The summed E-state index contributed by atoms with van der Waals surface area (Å²) in [7, 11) is 1.53. The van der Waals surface area contributed by atoms with Crippen molar-refractivity contribution < 1.29 is 66.0 Å². The molecule has 8 heteroatoms. The van der Waals surface area contributed by atoms with Gasteiger partial charge in [-0.15, -0.1) is 0 Å². The Morgan fingerprint density at radius 1 is 0.579 bits per heavy atom. The molecule has 0 aromatic rings. The van der Waals surface area contributed by atoms with Crippen LogP contribution < -0.4 is 0 Å². The van der Waals surface area contributed by atoms with E-state index >= 15 is 0 Å². The number of hydrogen-bond donors (Lipinski definition) is 1. The van der Waals surface area contributed by atoms with Crippen LogP contribution >= 0.6 is 0 Å². The Morgan fingerprint density at radius 2 is 0.711 bits per heavy atom. The van der Waals surface area contributed by atoms with Crippen LogP contribution in [0.5, 0.6) is 0 Å². The molecular formula is C30H39CrO6Ti+2. The SMILES string of the molecule is C[C]1[C](C)[C](C)[C](C)[C]1C.C[C]1[C](C)[C](C)[C](C)[C]1C.[C-]#[O+].[C-]#[O+].[C-]#[O+].[C-]#[O+].[CH2-]/C([C](O)=[Cr])=C(\C)OC.[Ti+3]. The van der Waals surface area contributed by atoms with Crippen LogP contribution in [0, 0.1) is 92.7 Å². The molecule has 0 aliphatic heterocycles. The molecule has 2 aliphatic rings. The molecule has 0 aromatic heterocycles. The second kappa shape index (κ2) is 29.4. The molecule has 0 atom stereocenters. The third-order valence-corrected chi connectivity index (χ3v) is 7.00. The fourth-order valence-electron chi connectivity index (χ4n) is 3.09. The van der Waals surface area contributed by atoms with Crippen LogP contribution in [0.2, 0.25) is 0 Å². The summed E-state index contributed by atoms with van der Waals surface area (Å²) in [4.78, 5) is 0. The van der Waals surface area contributed by atoms with Gasteiger partial charge in [-0.25, -0.2) is 0 Å². The molecule has 203 valence electrons. The summed E-state index contributed by atoms with van der Waals surface area (Å²) >= 11 is 2.43. The molecule has 1 N–H and O–H groups in total. The molecule has 0 heterocycles. The molecule has 0 unspecified atom stereocenters. The van der Waals surface area contributed by atoms with Crippen LogP contribution in [0.15, 0.2) is 11.3 Å². The van der Waals surface area contributed by atoms with Gasteiger partial charge in [-0.3, -0.25) is 0 Å². The van der Waals surface area contributed by atoms with Gasteiger partial charge in [0.15, 0.2) is 0 Å². The van der Waals surface area contributed by atoms with Crippen LogP contribution in [-0.4, -0.2) is 16.8 Å². The van der Waals surface area contributed by atoms with E-state index in [1.54, 1.807) is 6.92 Å². The van der Waals surface area contributed by atoms with E-state index in [-0.39, 0.29) is 26.3 Å². The number of rotatable bonds is 2. The summed E-state index contributed by atoms with van der Waals surface area (Å²) in [5.41, 5.74) is 0.498. The number of hydrogen-bond acceptors (Lipinski definition) is 2. The quantitative estimate of drug-likeness (QED) is 0.168. The largest absolute Gasteiger partial charge is 3.00 e. The summed E-state index contributed by atoms with van der Waals surface area (Å²) in [6.45, 7) is 45.3. The Morgan fingerprint density at radius 3 is 0.763 bits per heavy atom. The standard InChI is InChI=1S/2C10H15.C6H9O2.4CO.Cr.Ti/c2*1-6-7(2)9(4)10(5)8(6)3;1-5(4-7)6(2)8-3;4*1-2;;/h2*1-5H3;7H,1H2,2-3H3;;;;;;/q;;-1;;;;;;+3/b;;6-5-;;;;;;. The average Bonchev–Trinajstić information content (AvgIpc) is 3.22. The Hall–Kier alpha value is -0.553. The maximum atomic E-state index is 8.78. The first-order valence-electron chi connectivity index (χ1n) is 10.7. The van der Waals surface area contributed by atoms with Gasteiger partial charge in [-0.2, -0.15) is 0 Å². The fraction of sp³-hybridized carbons (Fsp3) is 0.400. The summed E-state index contributed by atoms with van der Waals surface area (Å²) in [5, 5.41) is 8.78. The van der Waals surface area contributed by atoms with Crippen LogP contribution in [-0.2, 0) is 60.9 Å². The molecule has 2 saturated carbocycles. The fourth-order valence-corrected chi connectivity index (χ4v) is 3.31. The first-order chi connectivity index (χ1) is 17.2. The third kappa shape index (κ3) is 17.2. The van der Waals surface area contributed by atoms with Gasteiger partial charge in [0, 0.05) is 0 Å². The first kappa shape index (κ1) is 50.3. The molecule has 2 fully saturated rings. The van der Waals surface area contributed by atoms with Gasteiger partial charge in [0.05, 0.1) is 0 Å². The second-order valence-electron chi connectivity index (χ2n) is 7.79. The molecule has 2 rings (SSSR count). The van der Waals surface area contributed by atoms with Crippen molar-refractivity contribution in [2.24, 2.45) is 0 Å². The number of allylic oxidation sites excluding steroid dienone is 1. The van der Waals surface area contributed by atoms with Crippen LogP contribution in [0.1, 0.15) is 76.2 Å². The molecular weight excluding hydrogens is 556 g/mol. The summed E-state index contributed by atoms with van der Waals surface area (Å²) in [5.74, 6) is 15.3. The number of methoxy groups -OCH3 is 1. The third-order valence-electron chi connectivity index (χ3n) is 6.61. The second-order valence-corrected chi connectivity index (χ2v) is 8.40. The van der Waals surface area contributed by atoms with Crippen LogP contribution in [0.3, 0.4) is 0 Å². The zero-order valence-electron chi connectivity index (χ0n) is 24.6. The summed E-state index contributed by atoms with van der Waals surface area (Å²) in [6, 6.07) is 0. The van der Waals surface area contributed by atoms with Crippen LogP contribution in [0.4, 0.5) is 0 Å². The minimum atomic E-state index is 0. The van der Waals surface area contributed by atoms with Gasteiger partial charge in [-0.05, 0) is 59.2 Å². The van der Waals surface area contributed by atoms with E-state index in [0.29, 0.717) is 11.3 Å². The smallest absolute Gasteiger partial charge is 3.00 e. The van der Waals surface area contributed by atoms with Crippen molar-refractivity contribution in [3.8, 4) is 0 Å². The van der Waals surface area contributed by atoms with Crippen molar-refractivity contribution in [2.45, 2.75) is 76.2 Å². The number of aliphatic hydroxyl groups is 1. The van der Waals surface area contributed by atoms with Crippen LogP contribution in [0.25, 0.3) is 0 Å². The monoisotopic (exact) mass is 595 g/mol. The molecule has 0 saturated heterocycles. The Bertz CT molecular complexity index is 571. The van der Waals surface area contributed by atoms with Crippen molar-refractivity contribution in [1.29, 1.82) is 0 Å². The van der Waals surface area contributed by atoms with Crippen molar-refractivity contribution in [2.75, 3.05) is 7.11 Å². The van der Waals surface area contributed by atoms with Crippen molar-refractivity contribution >= 4 is 4.57 Å². The van der Waals surface area contributed by atoms with Gasteiger partial charge in [-0.1, -0.05) is 69.2 Å². The summed E-state index contributed by atoms with van der Waals surface area (Å²) < 4.78 is 34.9. The molecule has 0 aromatic carbocycles. The van der Waals surface area contributed by atoms with E-state index in [4.69, 9.17) is 28.5 Å². The van der Waals surface area contributed by atoms with E-state index in [2.05, 4.69) is 119 Å². The van der Waals surface area contributed by atoms with Crippen molar-refractivity contribution in [1.82, 2.24) is 0 Å². The van der Waals surface area contributed by atoms with Gasteiger partial charge in [0.2, 0.25) is 0 Å². The number of ether oxygens (including phenoxy) is 1. The predicted octanol–water partition coefficient (Wildman–Crippen LogP) is 6.58. The van der Waals surface area contributed by atoms with E-state index in [9.17, 15) is 0 Å². The Labute approximate surface area is 256 Å². The Kier molecular flexibility index (Phi) is 39.0. The zero-order valence-corrected chi connectivity index (χ0v) is 27.4. The normalized spacial score (nSPS) is 18.1. The molecule has 38 heavy (non-hydrogen) atoms. The van der Waals surface area contributed by atoms with Crippen molar-refractivity contribution in [3.05, 3.63) is 104 Å². The molecule has 0 spiro atoms. The van der Waals surface area contributed by atoms with Gasteiger partial charge < -0.3 is 0 Å².